The first-order valence-corrected chi connectivity index (χ1v) is 13.0. The summed E-state index contributed by atoms with van der Waals surface area (Å²) in [5.41, 5.74) is 9.43. The molecule has 1 aromatic heterocycles. The minimum absolute atomic E-state index is 0.0256. The van der Waals surface area contributed by atoms with Crippen molar-refractivity contribution in [2.45, 2.75) is 19.3 Å². The summed E-state index contributed by atoms with van der Waals surface area (Å²) in [6.07, 6.45) is 4.41. The molecule has 0 amide bonds. The summed E-state index contributed by atoms with van der Waals surface area (Å²) in [4.78, 5) is 13.7. The van der Waals surface area contributed by atoms with E-state index >= 15 is 0 Å². The smallest absolute Gasteiger partial charge is 0.293 e. The van der Waals surface area contributed by atoms with Crippen LogP contribution in [0.2, 0.25) is 0 Å². The Morgan fingerprint density at radius 2 is 1.73 bits per heavy atom. The minimum atomic E-state index is -0.391. The fraction of sp³-hybridized carbons (Fsp3) is 0.194. The molecule has 0 bridgehead atoms. The predicted octanol–water partition coefficient (Wildman–Crippen LogP) is 5.76. The molecule has 3 aromatic carbocycles. The molecule has 0 saturated carbocycles. The Bertz CT molecular complexity index is 1640. The lowest BCUT2D eigenvalue weighted by Gasteiger charge is -2.33. The van der Waals surface area contributed by atoms with Crippen LogP contribution in [-0.4, -0.2) is 27.8 Å². The zero-order chi connectivity index (χ0) is 28.1. The fourth-order valence-corrected chi connectivity index (χ4v) is 5.19. The third-order valence-electron chi connectivity index (χ3n) is 7.24. The largest absolute Gasteiger partial charge is 0.382 e. The lowest BCUT2D eigenvalue weighted by atomic mass is 9.90. The number of aromatic nitrogens is 2. The Kier molecular flexibility index (Phi) is 7.56. The highest BCUT2D eigenvalue weighted by Crippen LogP contribution is 2.34. The molecule has 4 aromatic rings. The number of hydrogen-bond donors (Lipinski definition) is 1. The van der Waals surface area contributed by atoms with E-state index < -0.39 is 4.92 Å². The van der Waals surface area contributed by atoms with E-state index in [1.54, 1.807) is 24.3 Å². The van der Waals surface area contributed by atoms with Gasteiger partial charge in [-0.3, -0.25) is 10.1 Å². The number of nitriles is 2. The van der Waals surface area contributed by atoms with Gasteiger partial charge >= 0.3 is 0 Å². The van der Waals surface area contributed by atoms with Crippen molar-refractivity contribution in [1.29, 1.82) is 10.5 Å². The highest BCUT2D eigenvalue weighted by molar-refractivity contribution is 5.92. The molecule has 0 unspecified atom stereocenters. The number of nitrogen functional groups attached to an aromatic ring is 1. The van der Waals surface area contributed by atoms with E-state index in [2.05, 4.69) is 28.2 Å². The highest BCUT2D eigenvalue weighted by atomic mass is 16.6. The maximum atomic E-state index is 12.1. The van der Waals surface area contributed by atoms with Gasteiger partial charge < -0.3 is 10.6 Å². The second kappa shape index (κ2) is 11.5. The molecule has 1 aliphatic heterocycles. The van der Waals surface area contributed by atoms with Crippen LogP contribution in [0.1, 0.15) is 35.2 Å². The van der Waals surface area contributed by atoms with E-state index in [1.807, 2.05) is 42.5 Å². The number of nitrogens with zero attached hydrogens (tertiary/aromatic N) is 6. The Hall–Kier alpha value is -5.41. The average Bonchev–Trinajstić information content (AvgIpc) is 3.33. The van der Waals surface area contributed by atoms with Crippen LogP contribution in [0.4, 0.5) is 17.2 Å². The topological polar surface area (TPSA) is 138 Å². The molecule has 5 rings (SSSR count). The predicted molar refractivity (Wildman–Crippen MR) is 154 cm³/mol. The molecule has 2 heterocycles. The first-order chi connectivity index (χ1) is 19.5. The van der Waals surface area contributed by atoms with Crippen molar-refractivity contribution in [3.05, 3.63) is 111 Å². The van der Waals surface area contributed by atoms with Crippen molar-refractivity contribution in [2.24, 2.45) is 5.92 Å². The normalized spacial score (nSPS) is 13.9. The van der Waals surface area contributed by atoms with Gasteiger partial charge in [-0.15, -0.1) is 0 Å². The third-order valence-corrected chi connectivity index (χ3v) is 7.24. The van der Waals surface area contributed by atoms with Gasteiger partial charge in [0.25, 0.3) is 5.69 Å². The van der Waals surface area contributed by atoms with Gasteiger partial charge in [-0.2, -0.15) is 15.6 Å². The van der Waals surface area contributed by atoms with Crippen molar-refractivity contribution in [2.75, 3.05) is 23.7 Å². The van der Waals surface area contributed by atoms with Crippen molar-refractivity contribution >= 4 is 28.8 Å². The summed E-state index contributed by atoms with van der Waals surface area (Å²) in [6.45, 7) is 1.47. The van der Waals surface area contributed by atoms with Crippen LogP contribution in [-0.2, 0) is 6.42 Å². The van der Waals surface area contributed by atoms with Crippen molar-refractivity contribution in [3.8, 4) is 17.8 Å². The van der Waals surface area contributed by atoms with Gasteiger partial charge in [-0.05, 0) is 60.6 Å². The molecule has 2 N–H and O–H groups in total. The molecule has 0 atom stereocenters. The van der Waals surface area contributed by atoms with Gasteiger partial charge in [0.2, 0.25) is 0 Å². The Balaban J connectivity index is 1.40. The number of allylic oxidation sites excluding steroid dienone is 1. The average molecular weight is 530 g/mol. The number of nitrogens with two attached hydrogens (primary N) is 1. The zero-order valence-corrected chi connectivity index (χ0v) is 21.8. The third kappa shape index (κ3) is 5.40. The number of para-hydroxylation sites is 1. The molecule has 9 nitrogen and oxygen atoms in total. The van der Waals surface area contributed by atoms with Crippen LogP contribution in [0, 0.1) is 38.7 Å². The van der Waals surface area contributed by atoms with Gasteiger partial charge in [0.05, 0.1) is 16.2 Å². The second-order valence-electron chi connectivity index (χ2n) is 9.76. The summed E-state index contributed by atoms with van der Waals surface area (Å²) in [5, 5.41) is 36.2. The van der Waals surface area contributed by atoms with Crippen LogP contribution in [0.15, 0.2) is 78.9 Å². The first kappa shape index (κ1) is 26.2. The first-order valence-electron chi connectivity index (χ1n) is 13.0. The number of nitro groups is 1. The quantitative estimate of drug-likeness (QED) is 0.182. The summed E-state index contributed by atoms with van der Waals surface area (Å²) in [7, 11) is 0. The van der Waals surface area contributed by atoms with Gasteiger partial charge in [0.15, 0.2) is 0 Å². The number of nitro benzene ring substituents is 1. The summed E-state index contributed by atoms with van der Waals surface area (Å²) in [5.74, 6) is 0.650. The highest BCUT2D eigenvalue weighted by Gasteiger charge is 2.26. The Morgan fingerprint density at radius 3 is 2.35 bits per heavy atom. The zero-order valence-electron chi connectivity index (χ0n) is 21.8. The monoisotopic (exact) mass is 529 g/mol. The van der Waals surface area contributed by atoms with E-state index in [1.165, 1.54) is 22.4 Å². The number of benzene rings is 3. The lowest BCUT2D eigenvalue weighted by molar-refractivity contribution is -0.384. The maximum Gasteiger partial charge on any atom is 0.293 e. The molecular weight excluding hydrogens is 502 g/mol. The summed E-state index contributed by atoms with van der Waals surface area (Å²) < 4.78 is 1.41. The number of hydrogen-bond acceptors (Lipinski definition) is 7. The molecule has 9 heteroatoms. The molecule has 0 aliphatic carbocycles. The van der Waals surface area contributed by atoms with E-state index in [9.17, 15) is 20.6 Å². The van der Waals surface area contributed by atoms with E-state index in [0.29, 0.717) is 22.9 Å². The van der Waals surface area contributed by atoms with E-state index in [4.69, 9.17) is 5.73 Å². The maximum absolute atomic E-state index is 12.1. The molecular formula is C31H27N7O2. The Labute approximate surface area is 232 Å². The van der Waals surface area contributed by atoms with Crippen molar-refractivity contribution in [3.63, 3.8) is 0 Å². The molecule has 1 aliphatic rings. The second-order valence-corrected chi connectivity index (χ2v) is 9.76. The van der Waals surface area contributed by atoms with Crippen LogP contribution < -0.4 is 10.6 Å². The van der Waals surface area contributed by atoms with E-state index in [-0.39, 0.29) is 28.3 Å². The minimum Gasteiger partial charge on any atom is -0.382 e. The molecule has 0 spiro atoms. The van der Waals surface area contributed by atoms with Crippen molar-refractivity contribution in [1.82, 2.24) is 9.78 Å². The molecule has 1 fully saturated rings. The number of rotatable bonds is 7. The van der Waals surface area contributed by atoms with Gasteiger partial charge in [0.1, 0.15) is 34.9 Å². The van der Waals surface area contributed by atoms with Crippen LogP contribution in [0.5, 0.6) is 0 Å². The number of piperidine rings is 1. The fourth-order valence-electron chi connectivity index (χ4n) is 5.19. The SMILES string of the molecule is N#C/C(=C\c1ccc(N2CCC(Cc3ccccc3)CC2)c([N+](=O)[O-])c1)c1nn(-c2ccccc2)c(N)c1C#N. The molecule has 1 saturated heterocycles. The van der Waals surface area contributed by atoms with Gasteiger partial charge in [-0.1, -0.05) is 54.6 Å². The summed E-state index contributed by atoms with van der Waals surface area (Å²) in [6, 6.07) is 28.5. The number of anilines is 2. The van der Waals surface area contributed by atoms with Crippen molar-refractivity contribution < 1.29 is 4.92 Å². The lowest BCUT2D eigenvalue weighted by Crippen LogP contribution is -2.34. The van der Waals surface area contributed by atoms with Gasteiger partial charge in [0, 0.05) is 19.2 Å². The molecule has 0 radical (unpaired) electrons. The Morgan fingerprint density at radius 1 is 1.05 bits per heavy atom. The summed E-state index contributed by atoms with van der Waals surface area (Å²) >= 11 is 0. The van der Waals surface area contributed by atoms with Crippen LogP contribution in [0.25, 0.3) is 17.3 Å². The van der Waals surface area contributed by atoms with Crippen LogP contribution in [0.3, 0.4) is 0 Å². The molecule has 40 heavy (non-hydrogen) atoms. The van der Waals surface area contributed by atoms with Gasteiger partial charge in [-0.25, -0.2) is 4.68 Å². The molecule has 198 valence electrons. The van der Waals surface area contributed by atoms with Crippen LogP contribution >= 0.6 is 0 Å². The van der Waals surface area contributed by atoms with E-state index in [0.717, 1.165) is 32.4 Å². The standard InChI is InChI=1S/C31H27N7O2/c32-20-25(30-27(21-33)31(34)37(35-30)26-9-5-2-6-10-26)18-24-11-12-28(29(19-24)38(39)40)36-15-13-23(14-16-36)17-22-7-3-1-4-8-22/h1-12,18-19,23H,13-17,34H2/b25-18+.